The molecule has 19 heavy (non-hydrogen) atoms. The number of hydrogen-bond donors (Lipinski definition) is 3. The molecule has 0 spiro atoms. The molecule has 1 heterocycles. The Balaban J connectivity index is 1.96. The van der Waals surface area contributed by atoms with E-state index in [-0.39, 0.29) is 6.61 Å². The number of pyridine rings is 1. The first-order valence-electron chi connectivity index (χ1n) is 6.38. The van der Waals surface area contributed by atoms with Crippen LogP contribution in [0, 0.1) is 0 Å². The normalized spacial score (nSPS) is 10.8. The summed E-state index contributed by atoms with van der Waals surface area (Å²) in [7, 11) is 0. The third-order valence-corrected chi connectivity index (χ3v) is 2.82. The lowest BCUT2D eigenvalue weighted by Crippen LogP contribution is -2.08. The number of aliphatic hydroxyl groups excluding tert-OH is 1. The fourth-order valence-electron chi connectivity index (χ4n) is 1.90. The van der Waals surface area contributed by atoms with E-state index < -0.39 is 0 Å². The third-order valence-electron chi connectivity index (χ3n) is 2.82. The van der Waals surface area contributed by atoms with E-state index in [1.165, 1.54) is 0 Å². The fourth-order valence-corrected chi connectivity index (χ4v) is 1.90. The topological polar surface area (TPSA) is 80.4 Å². The van der Waals surface area contributed by atoms with Gasteiger partial charge in [-0.15, -0.1) is 0 Å². The van der Waals surface area contributed by atoms with E-state index in [2.05, 4.69) is 10.3 Å². The minimum atomic E-state index is 0.0694. The van der Waals surface area contributed by atoms with Crippen molar-refractivity contribution in [3.63, 3.8) is 0 Å². The number of nitrogens with two attached hydrogens (primary N) is 1. The van der Waals surface area contributed by atoms with Gasteiger partial charge in [-0.3, -0.25) is 4.98 Å². The molecule has 5 heteroatoms. The molecule has 0 fully saturated rings. The fraction of sp³-hybridized carbons (Fsp3) is 0.357. The molecule has 1 aromatic heterocycles. The van der Waals surface area contributed by atoms with Gasteiger partial charge in [-0.05, 0) is 30.7 Å². The monoisotopic (exact) mass is 261 g/mol. The smallest absolute Gasteiger partial charge is 0.0953 e. The van der Waals surface area contributed by atoms with Gasteiger partial charge < -0.3 is 20.9 Å². The maximum atomic E-state index is 8.58. The number of anilines is 2. The van der Waals surface area contributed by atoms with Crippen LogP contribution in [0.1, 0.15) is 6.42 Å². The number of hydrogen-bond acceptors (Lipinski definition) is 5. The molecule has 0 bridgehead atoms. The second-order valence-electron chi connectivity index (χ2n) is 4.22. The number of aromatic nitrogens is 1. The number of nitrogens with one attached hydrogen (secondary N) is 1. The Kier molecular flexibility index (Phi) is 4.94. The van der Waals surface area contributed by atoms with Crippen LogP contribution >= 0.6 is 0 Å². The summed E-state index contributed by atoms with van der Waals surface area (Å²) < 4.78 is 5.20. The van der Waals surface area contributed by atoms with Crippen molar-refractivity contribution in [2.45, 2.75) is 6.42 Å². The van der Waals surface area contributed by atoms with Crippen molar-refractivity contribution >= 4 is 22.3 Å². The highest BCUT2D eigenvalue weighted by Gasteiger charge is 2.04. The summed E-state index contributed by atoms with van der Waals surface area (Å²) >= 11 is 0. The van der Waals surface area contributed by atoms with Crippen LogP contribution in [0.2, 0.25) is 0 Å². The van der Waals surface area contributed by atoms with Crippen LogP contribution in [0.15, 0.2) is 30.5 Å². The molecule has 0 unspecified atom stereocenters. The van der Waals surface area contributed by atoms with Crippen LogP contribution in [0.25, 0.3) is 10.9 Å². The van der Waals surface area contributed by atoms with Crippen LogP contribution in [-0.4, -0.2) is 36.5 Å². The summed E-state index contributed by atoms with van der Waals surface area (Å²) in [6, 6.07) is 7.67. The SMILES string of the molecule is Nc1ccc(NCCCOCCO)c2ncccc12. The Labute approximate surface area is 112 Å². The van der Waals surface area contributed by atoms with Crippen molar-refractivity contribution in [3.05, 3.63) is 30.5 Å². The molecule has 0 aliphatic carbocycles. The second kappa shape index (κ2) is 6.92. The van der Waals surface area contributed by atoms with Crippen molar-refractivity contribution in [2.24, 2.45) is 0 Å². The van der Waals surface area contributed by atoms with Crippen molar-refractivity contribution in [3.8, 4) is 0 Å². The lowest BCUT2D eigenvalue weighted by atomic mass is 10.1. The summed E-state index contributed by atoms with van der Waals surface area (Å²) in [5.41, 5.74) is 8.53. The number of fused-ring (bicyclic) bond motifs is 1. The van der Waals surface area contributed by atoms with Gasteiger partial charge in [-0.1, -0.05) is 0 Å². The molecule has 102 valence electrons. The van der Waals surface area contributed by atoms with E-state index in [0.29, 0.717) is 13.2 Å². The van der Waals surface area contributed by atoms with Crippen molar-refractivity contribution in [1.82, 2.24) is 4.98 Å². The van der Waals surface area contributed by atoms with Crippen LogP contribution in [0.4, 0.5) is 11.4 Å². The number of aliphatic hydroxyl groups is 1. The van der Waals surface area contributed by atoms with Crippen molar-refractivity contribution in [1.29, 1.82) is 0 Å². The zero-order valence-electron chi connectivity index (χ0n) is 10.8. The first-order chi connectivity index (χ1) is 9.33. The van der Waals surface area contributed by atoms with E-state index in [4.69, 9.17) is 15.6 Å². The van der Waals surface area contributed by atoms with Crippen LogP contribution in [-0.2, 0) is 4.74 Å². The largest absolute Gasteiger partial charge is 0.398 e. The highest BCUT2D eigenvalue weighted by molar-refractivity contribution is 5.98. The lowest BCUT2D eigenvalue weighted by Gasteiger charge is -2.10. The average Bonchev–Trinajstić information content (AvgIpc) is 2.45. The molecule has 0 atom stereocenters. The number of rotatable bonds is 7. The van der Waals surface area contributed by atoms with E-state index >= 15 is 0 Å². The molecule has 0 saturated heterocycles. The van der Waals surface area contributed by atoms with Gasteiger partial charge in [0.1, 0.15) is 0 Å². The van der Waals surface area contributed by atoms with Gasteiger partial charge in [-0.2, -0.15) is 0 Å². The summed E-state index contributed by atoms with van der Waals surface area (Å²) in [5.74, 6) is 0. The predicted molar refractivity (Wildman–Crippen MR) is 77.2 cm³/mol. The Morgan fingerprint density at radius 2 is 2.16 bits per heavy atom. The van der Waals surface area contributed by atoms with Crippen molar-refractivity contribution in [2.75, 3.05) is 37.4 Å². The lowest BCUT2D eigenvalue weighted by molar-refractivity contribution is 0.0922. The molecular weight excluding hydrogens is 242 g/mol. The Morgan fingerprint density at radius 1 is 1.26 bits per heavy atom. The van der Waals surface area contributed by atoms with Gasteiger partial charge in [0, 0.05) is 30.4 Å². The standard InChI is InChI=1S/C14H19N3O2/c15-12-4-5-13(14-11(12)3-1-6-17-14)16-7-2-9-19-10-8-18/h1,3-6,16,18H,2,7-10,15H2. The summed E-state index contributed by atoms with van der Waals surface area (Å²) in [4.78, 5) is 4.36. The van der Waals surface area contributed by atoms with Gasteiger partial charge in [0.05, 0.1) is 24.4 Å². The van der Waals surface area contributed by atoms with E-state index in [0.717, 1.165) is 35.2 Å². The predicted octanol–water partition coefficient (Wildman–Crippen LogP) is 1.63. The highest BCUT2D eigenvalue weighted by Crippen LogP contribution is 2.25. The van der Waals surface area contributed by atoms with Crippen LogP contribution in [0.3, 0.4) is 0 Å². The van der Waals surface area contributed by atoms with Gasteiger partial charge in [0.2, 0.25) is 0 Å². The number of nitrogens with zero attached hydrogens (tertiary/aromatic N) is 1. The summed E-state index contributed by atoms with van der Waals surface area (Å²) in [6.07, 6.45) is 2.63. The molecule has 2 rings (SSSR count). The highest BCUT2D eigenvalue weighted by atomic mass is 16.5. The Hall–Kier alpha value is -1.85. The zero-order valence-corrected chi connectivity index (χ0v) is 10.8. The van der Waals surface area contributed by atoms with E-state index in [1.807, 2.05) is 24.3 Å². The summed E-state index contributed by atoms with van der Waals surface area (Å²) in [6.45, 7) is 1.89. The zero-order chi connectivity index (χ0) is 13.5. The molecular formula is C14H19N3O2. The average molecular weight is 261 g/mol. The molecule has 0 radical (unpaired) electrons. The Bertz CT molecular complexity index is 531. The quantitative estimate of drug-likeness (QED) is 0.521. The minimum absolute atomic E-state index is 0.0694. The van der Waals surface area contributed by atoms with Gasteiger partial charge in [0.15, 0.2) is 0 Å². The van der Waals surface area contributed by atoms with Gasteiger partial charge in [0.25, 0.3) is 0 Å². The Morgan fingerprint density at radius 3 is 3.00 bits per heavy atom. The number of nitrogen functional groups attached to an aromatic ring is 1. The third kappa shape index (κ3) is 3.56. The number of benzene rings is 1. The van der Waals surface area contributed by atoms with E-state index in [9.17, 15) is 0 Å². The molecule has 4 N–H and O–H groups in total. The minimum Gasteiger partial charge on any atom is -0.398 e. The van der Waals surface area contributed by atoms with Gasteiger partial charge >= 0.3 is 0 Å². The second-order valence-corrected chi connectivity index (χ2v) is 4.22. The molecule has 2 aromatic rings. The van der Waals surface area contributed by atoms with Crippen LogP contribution < -0.4 is 11.1 Å². The summed E-state index contributed by atoms with van der Waals surface area (Å²) in [5, 5.41) is 12.9. The van der Waals surface area contributed by atoms with Crippen LogP contribution in [0.5, 0.6) is 0 Å². The molecule has 1 aromatic carbocycles. The van der Waals surface area contributed by atoms with Gasteiger partial charge in [-0.25, -0.2) is 0 Å². The molecule has 0 saturated carbocycles. The molecule has 5 nitrogen and oxygen atoms in total. The first-order valence-corrected chi connectivity index (χ1v) is 6.38. The molecule has 0 amide bonds. The number of ether oxygens (including phenoxy) is 1. The first kappa shape index (κ1) is 13.6. The van der Waals surface area contributed by atoms with Crippen molar-refractivity contribution < 1.29 is 9.84 Å². The molecule has 0 aliphatic heterocycles. The molecule has 0 aliphatic rings. The maximum Gasteiger partial charge on any atom is 0.0953 e. The van der Waals surface area contributed by atoms with E-state index in [1.54, 1.807) is 6.20 Å². The maximum absolute atomic E-state index is 8.58.